The van der Waals surface area contributed by atoms with Crippen LogP contribution in [0.4, 0.5) is 0 Å². The Kier molecular flexibility index (Phi) is 7.36. The molecule has 1 aromatic heterocycles. The van der Waals surface area contributed by atoms with Crippen LogP contribution in [0.15, 0.2) is 60.7 Å². The van der Waals surface area contributed by atoms with Crippen LogP contribution in [0.1, 0.15) is 35.8 Å². The molecule has 0 spiro atoms. The van der Waals surface area contributed by atoms with Gasteiger partial charge in [0.2, 0.25) is 5.91 Å². The van der Waals surface area contributed by atoms with Crippen molar-refractivity contribution in [3.8, 4) is 0 Å². The molecule has 1 fully saturated rings. The third-order valence-electron chi connectivity index (χ3n) is 5.42. The van der Waals surface area contributed by atoms with Crippen LogP contribution in [-0.4, -0.2) is 57.3 Å². The first kappa shape index (κ1) is 21.1. The van der Waals surface area contributed by atoms with Gasteiger partial charge in [0.1, 0.15) is 0 Å². The van der Waals surface area contributed by atoms with Crippen LogP contribution in [-0.2, 0) is 22.6 Å². The van der Waals surface area contributed by atoms with Crippen molar-refractivity contribution in [1.29, 1.82) is 0 Å². The van der Waals surface area contributed by atoms with E-state index in [1.54, 1.807) is 4.68 Å². The zero-order valence-electron chi connectivity index (χ0n) is 17.6. The largest absolute Gasteiger partial charge is 0.379 e. The lowest BCUT2D eigenvalue weighted by molar-refractivity contribution is -0.121. The molecule has 31 heavy (non-hydrogen) atoms. The number of hydrogen-bond acceptors (Lipinski definition) is 6. The Balaban J connectivity index is 1.32. The summed E-state index contributed by atoms with van der Waals surface area (Å²) in [5.74, 6) is 0.842. The summed E-state index contributed by atoms with van der Waals surface area (Å²) in [5.41, 5.74) is 2.13. The van der Waals surface area contributed by atoms with Crippen molar-refractivity contribution >= 4 is 5.91 Å². The minimum Gasteiger partial charge on any atom is -0.379 e. The normalized spacial score (nSPS) is 14.6. The number of ether oxygens (including phenoxy) is 1. The molecule has 1 aliphatic heterocycles. The number of carbonyl (C=O) groups is 1. The minimum atomic E-state index is -0.167. The summed E-state index contributed by atoms with van der Waals surface area (Å²) in [5, 5.41) is 15.3. The second-order valence-electron chi connectivity index (χ2n) is 7.63. The molecular formula is C23H28N6O2. The van der Waals surface area contributed by atoms with Crippen molar-refractivity contribution in [1.82, 2.24) is 30.4 Å². The van der Waals surface area contributed by atoms with E-state index >= 15 is 0 Å². The molecule has 162 valence electrons. The third-order valence-corrected chi connectivity index (χ3v) is 5.42. The van der Waals surface area contributed by atoms with Crippen LogP contribution in [0.5, 0.6) is 0 Å². The molecule has 4 rings (SSSR count). The number of carbonyl (C=O) groups excluding carboxylic acids is 1. The molecule has 1 saturated heterocycles. The molecule has 0 unspecified atom stereocenters. The fraction of sp³-hybridized carbons (Fsp3) is 0.391. The van der Waals surface area contributed by atoms with E-state index in [-0.39, 0.29) is 11.9 Å². The minimum absolute atomic E-state index is 0.0144. The summed E-state index contributed by atoms with van der Waals surface area (Å²) in [6.07, 6.45) is 1.08. The molecule has 1 aliphatic rings. The first-order chi connectivity index (χ1) is 15.3. The maximum atomic E-state index is 12.7. The van der Waals surface area contributed by atoms with Crippen molar-refractivity contribution in [2.45, 2.75) is 32.0 Å². The van der Waals surface area contributed by atoms with Crippen LogP contribution < -0.4 is 5.32 Å². The Labute approximate surface area is 182 Å². The standard InChI is InChI=1S/C23H28N6O2/c30-22(24-23(19-8-3-1-4-9-19)20-10-5-2-6-11-20)12-7-13-29-21(25-26-27-29)18-28-14-16-31-17-15-28/h1-6,8-11,23H,7,12-18H2,(H,24,30). The predicted molar refractivity (Wildman–Crippen MR) is 116 cm³/mol. The number of aromatic nitrogens is 4. The topological polar surface area (TPSA) is 85.2 Å². The van der Waals surface area contributed by atoms with Crippen LogP contribution >= 0.6 is 0 Å². The smallest absolute Gasteiger partial charge is 0.220 e. The van der Waals surface area contributed by atoms with Crippen LogP contribution in [0.2, 0.25) is 0 Å². The Hall–Kier alpha value is -3.10. The summed E-state index contributed by atoms with van der Waals surface area (Å²) >= 11 is 0. The van der Waals surface area contributed by atoms with E-state index in [9.17, 15) is 4.79 Å². The summed E-state index contributed by atoms with van der Waals surface area (Å²) in [6, 6.07) is 19.9. The van der Waals surface area contributed by atoms with Crippen molar-refractivity contribution in [2.24, 2.45) is 0 Å². The predicted octanol–water partition coefficient (Wildman–Crippen LogP) is 2.19. The highest BCUT2D eigenvalue weighted by atomic mass is 16.5. The highest BCUT2D eigenvalue weighted by Crippen LogP contribution is 2.22. The number of amides is 1. The highest BCUT2D eigenvalue weighted by molar-refractivity contribution is 5.77. The summed E-state index contributed by atoms with van der Waals surface area (Å²) in [7, 11) is 0. The van der Waals surface area contributed by atoms with Crippen molar-refractivity contribution < 1.29 is 9.53 Å². The lowest BCUT2D eigenvalue weighted by Crippen LogP contribution is -2.36. The maximum Gasteiger partial charge on any atom is 0.220 e. The first-order valence-electron chi connectivity index (χ1n) is 10.7. The average Bonchev–Trinajstić information content (AvgIpc) is 3.26. The van der Waals surface area contributed by atoms with Gasteiger partial charge in [0, 0.05) is 26.1 Å². The zero-order chi connectivity index (χ0) is 21.3. The van der Waals surface area contributed by atoms with Crippen LogP contribution in [0, 0.1) is 0 Å². The molecule has 0 radical (unpaired) electrons. The molecule has 0 bridgehead atoms. The first-order valence-corrected chi connectivity index (χ1v) is 10.7. The molecular weight excluding hydrogens is 392 g/mol. The lowest BCUT2D eigenvalue weighted by atomic mass is 9.98. The van der Waals surface area contributed by atoms with Crippen LogP contribution in [0.3, 0.4) is 0 Å². The van der Waals surface area contributed by atoms with Gasteiger partial charge in [0.05, 0.1) is 25.8 Å². The van der Waals surface area contributed by atoms with Gasteiger partial charge in [-0.3, -0.25) is 9.69 Å². The van der Waals surface area contributed by atoms with Gasteiger partial charge >= 0.3 is 0 Å². The quantitative estimate of drug-likeness (QED) is 0.571. The number of nitrogens with zero attached hydrogens (tertiary/aromatic N) is 5. The maximum absolute atomic E-state index is 12.7. The van der Waals surface area contributed by atoms with E-state index in [4.69, 9.17) is 4.74 Å². The van der Waals surface area contributed by atoms with E-state index in [2.05, 4.69) is 25.7 Å². The average molecular weight is 421 g/mol. The Morgan fingerprint density at radius 2 is 1.65 bits per heavy atom. The number of benzene rings is 2. The van der Waals surface area contributed by atoms with Gasteiger partial charge in [-0.25, -0.2) is 4.68 Å². The second kappa shape index (κ2) is 10.8. The zero-order valence-corrected chi connectivity index (χ0v) is 17.6. The van der Waals surface area contributed by atoms with Crippen LogP contribution in [0.25, 0.3) is 0 Å². The summed E-state index contributed by atoms with van der Waals surface area (Å²) in [6.45, 7) is 4.57. The van der Waals surface area contributed by atoms with Gasteiger partial charge in [0.25, 0.3) is 0 Å². The van der Waals surface area contributed by atoms with Crippen molar-refractivity contribution in [3.63, 3.8) is 0 Å². The number of rotatable bonds is 9. The highest BCUT2D eigenvalue weighted by Gasteiger charge is 2.18. The van der Waals surface area contributed by atoms with Crippen molar-refractivity contribution in [2.75, 3.05) is 26.3 Å². The number of morpholine rings is 1. The molecule has 0 atom stereocenters. The monoisotopic (exact) mass is 420 g/mol. The van der Waals surface area contributed by atoms with E-state index < -0.39 is 0 Å². The lowest BCUT2D eigenvalue weighted by Gasteiger charge is -2.25. The van der Waals surface area contributed by atoms with E-state index in [0.717, 1.165) is 43.3 Å². The molecule has 1 amide bonds. The van der Waals surface area contributed by atoms with Gasteiger partial charge in [-0.05, 0) is 28.0 Å². The van der Waals surface area contributed by atoms with Gasteiger partial charge in [-0.2, -0.15) is 0 Å². The van der Waals surface area contributed by atoms with E-state index in [0.29, 0.717) is 25.9 Å². The number of aryl methyl sites for hydroxylation is 1. The molecule has 0 aliphatic carbocycles. The van der Waals surface area contributed by atoms with Gasteiger partial charge in [-0.15, -0.1) is 5.10 Å². The SMILES string of the molecule is O=C(CCCn1nnnc1CN1CCOCC1)NC(c1ccccc1)c1ccccc1. The van der Waals surface area contributed by atoms with Crippen molar-refractivity contribution in [3.05, 3.63) is 77.6 Å². The fourth-order valence-electron chi connectivity index (χ4n) is 3.74. The molecule has 8 heteroatoms. The molecule has 2 aromatic carbocycles. The van der Waals surface area contributed by atoms with E-state index in [1.165, 1.54) is 0 Å². The molecule has 2 heterocycles. The van der Waals surface area contributed by atoms with Gasteiger partial charge < -0.3 is 10.1 Å². The number of hydrogen-bond donors (Lipinski definition) is 1. The second-order valence-corrected chi connectivity index (χ2v) is 7.63. The molecule has 8 nitrogen and oxygen atoms in total. The molecule has 3 aromatic rings. The van der Waals surface area contributed by atoms with Gasteiger partial charge in [0.15, 0.2) is 5.82 Å². The van der Waals surface area contributed by atoms with Gasteiger partial charge in [-0.1, -0.05) is 60.7 Å². The fourth-order valence-corrected chi connectivity index (χ4v) is 3.74. The summed E-state index contributed by atoms with van der Waals surface area (Å²) < 4.78 is 7.19. The third kappa shape index (κ3) is 5.96. The van der Waals surface area contributed by atoms with E-state index in [1.807, 2.05) is 60.7 Å². The Bertz CT molecular complexity index is 901. The summed E-state index contributed by atoms with van der Waals surface area (Å²) in [4.78, 5) is 15.0. The number of nitrogens with one attached hydrogen (secondary N) is 1. The Morgan fingerprint density at radius 3 is 2.29 bits per heavy atom. The molecule has 0 saturated carbocycles. The molecule has 1 N–H and O–H groups in total. The number of tetrazole rings is 1. The Morgan fingerprint density at radius 1 is 1.00 bits per heavy atom.